The van der Waals surface area contributed by atoms with Crippen molar-refractivity contribution in [3.8, 4) is 17.6 Å². The molecule has 0 radical (unpaired) electrons. The van der Waals surface area contributed by atoms with Crippen LogP contribution in [0.25, 0.3) is 0 Å². The molecule has 1 aliphatic rings. The number of methoxy groups -OCH3 is 1. The fraction of sp³-hybridized carbons (Fsp3) is 0.240. The van der Waals surface area contributed by atoms with E-state index in [1.54, 1.807) is 56.3 Å². The van der Waals surface area contributed by atoms with Gasteiger partial charge in [-0.2, -0.15) is 5.26 Å². The molecule has 0 bridgehead atoms. The maximum atomic E-state index is 12.7. The first kappa shape index (κ1) is 25.5. The van der Waals surface area contributed by atoms with Gasteiger partial charge in [0.05, 0.1) is 25.2 Å². The van der Waals surface area contributed by atoms with Crippen LogP contribution in [0.15, 0.2) is 65.3 Å². The number of ether oxygens (including phenoxy) is 4. The van der Waals surface area contributed by atoms with Gasteiger partial charge in [-0.3, -0.25) is 4.79 Å². The van der Waals surface area contributed by atoms with Gasteiger partial charge in [-0.05, 0) is 55.8 Å². The Kier molecular flexibility index (Phi) is 8.23. The molecule has 10 heteroatoms. The molecule has 0 saturated carbocycles. The van der Waals surface area contributed by atoms with Crippen molar-refractivity contribution in [1.29, 1.82) is 5.26 Å². The lowest BCUT2D eigenvalue weighted by Gasteiger charge is -2.27. The zero-order chi connectivity index (χ0) is 25.5. The zero-order valence-electron chi connectivity index (χ0n) is 19.4. The third-order valence-corrected chi connectivity index (χ3v) is 5.36. The smallest absolute Gasteiger partial charge is 0.338 e. The van der Waals surface area contributed by atoms with Crippen LogP contribution in [0.4, 0.5) is 5.69 Å². The van der Waals surface area contributed by atoms with E-state index in [9.17, 15) is 14.9 Å². The molecule has 0 fully saturated rings. The molecule has 9 nitrogen and oxygen atoms in total. The van der Waals surface area contributed by atoms with Crippen LogP contribution in [-0.4, -0.2) is 32.2 Å². The average molecular weight is 498 g/mol. The van der Waals surface area contributed by atoms with E-state index in [1.807, 2.05) is 6.07 Å². The first-order valence-electron chi connectivity index (χ1n) is 10.6. The normalized spacial score (nSPS) is 15.1. The van der Waals surface area contributed by atoms with Crippen LogP contribution in [-0.2, 0) is 19.1 Å². The number of benzene rings is 2. The van der Waals surface area contributed by atoms with Crippen LogP contribution in [0, 0.1) is 11.3 Å². The number of esters is 1. The van der Waals surface area contributed by atoms with Crippen molar-refractivity contribution >= 4 is 29.2 Å². The summed E-state index contributed by atoms with van der Waals surface area (Å²) in [6.45, 7) is 3.13. The Hall–Kier alpha value is -4.16. The van der Waals surface area contributed by atoms with E-state index in [1.165, 1.54) is 7.11 Å². The molecule has 3 N–H and O–H groups in total. The van der Waals surface area contributed by atoms with Crippen molar-refractivity contribution in [2.75, 3.05) is 25.6 Å². The summed E-state index contributed by atoms with van der Waals surface area (Å²) in [5, 5.41) is 13.0. The maximum Gasteiger partial charge on any atom is 0.338 e. The predicted molar refractivity (Wildman–Crippen MR) is 129 cm³/mol. The second-order valence-corrected chi connectivity index (χ2v) is 7.81. The quantitative estimate of drug-likeness (QED) is 0.522. The molecule has 1 aliphatic heterocycles. The van der Waals surface area contributed by atoms with E-state index in [4.69, 9.17) is 36.3 Å². The van der Waals surface area contributed by atoms with Gasteiger partial charge in [-0.1, -0.05) is 17.7 Å². The van der Waals surface area contributed by atoms with E-state index in [-0.39, 0.29) is 41.9 Å². The molecule has 2 aromatic carbocycles. The van der Waals surface area contributed by atoms with E-state index in [2.05, 4.69) is 5.32 Å². The summed E-state index contributed by atoms with van der Waals surface area (Å²) in [5.74, 6) is -1.09. The minimum Gasteiger partial charge on any atom is -0.493 e. The number of nitriles is 1. The summed E-state index contributed by atoms with van der Waals surface area (Å²) in [6, 6.07) is 13.5. The highest BCUT2D eigenvalue weighted by Crippen LogP contribution is 2.42. The molecule has 0 aliphatic carbocycles. The van der Waals surface area contributed by atoms with Gasteiger partial charge in [-0.25, -0.2) is 4.79 Å². The summed E-state index contributed by atoms with van der Waals surface area (Å²) >= 11 is 5.85. The predicted octanol–water partition coefficient (Wildman–Crippen LogP) is 4.01. The number of allylic oxidation sites excluding steroid dienone is 2. The molecule has 2 aromatic rings. The Balaban J connectivity index is 1.85. The molecule has 1 heterocycles. The van der Waals surface area contributed by atoms with Crippen molar-refractivity contribution in [2.24, 2.45) is 5.73 Å². The summed E-state index contributed by atoms with van der Waals surface area (Å²) in [6.07, 6.45) is 0. The Bertz CT molecular complexity index is 1230. The van der Waals surface area contributed by atoms with Gasteiger partial charge in [-0.15, -0.1) is 0 Å². The van der Waals surface area contributed by atoms with Crippen LogP contribution in [0.3, 0.4) is 0 Å². The molecule has 1 amide bonds. The fourth-order valence-corrected chi connectivity index (χ4v) is 3.67. The second-order valence-electron chi connectivity index (χ2n) is 7.37. The number of hydrogen-bond acceptors (Lipinski definition) is 8. The van der Waals surface area contributed by atoms with Crippen LogP contribution in [0.1, 0.15) is 25.3 Å². The molecule has 0 saturated heterocycles. The highest BCUT2D eigenvalue weighted by molar-refractivity contribution is 6.30. The lowest BCUT2D eigenvalue weighted by atomic mass is 9.83. The minimum absolute atomic E-state index is 0.0664. The van der Waals surface area contributed by atoms with Crippen molar-refractivity contribution in [3.63, 3.8) is 0 Å². The maximum absolute atomic E-state index is 12.7. The second kappa shape index (κ2) is 11.3. The van der Waals surface area contributed by atoms with E-state index in [0.29, 0.717) is 27.8 Å². The number of nitrogens with two attached hydrogens (primary N) is 1. The Morgan fingerprint density at radius 1 is 1.20 bits per heavy atom. The number of carbonyl (C=O) groups is 2. The standard InChI is InChI=1S/C25H24ClN3O6/c1-4-33-25(31)22-14(2)35-24(28)18(12-27)23(22)15-5-10-19(20(11-15)32-3)34-13-21(30)29-17-8-6-16(26)7-9-17/h5-11,23H,4,13,28H2,1-3H3,(H,29,30). The van der Waals surface area contributed by atoms with E-state index < -0.39 is 11.9 Å². The lowest BCUT2D eigenvalue weighted by Crippen LogP contribution is -2.25. The number of nitrogens with zero attached hydrogens (tertiary/aromatic N) is 1. The molecule has 1 atom stereocenters. The molecular weight excluding hydrogens is 474 g/mol. The Morgan fingerprint density at radius 3 is 2.54 bits per heavy atom. The average Bonchev–Trinajstić information content (AvgIpc) is 2.83. The van der Waals surface area contributed by atoms with Crippen molar-refractivity contribution in [2.45, 2.75) is 19.8 Å². The fourth-order valence-electron chi connectivity index (χ4n) is 3.54. The van der Waals surface area contributed by atoms with E-state index in [0.717, 1.165) is 0 Å². The molecule has 35 heavy (non-hydrogen) atoms. The third kappa shape index (κ3) is 5.86. The zero-order valence-corrected chi connectivity index (χ0v) is 20.1. The number of halogens is 1. The number of nitrogens with one attached hydrogen (secondary N) is 1. The van der Waals surface area contributed by atoms with Gasteiger partial charge in [0.25, 0.3) is 5.91 Å². The molecule has 0 spiro atoms. The van der Waals surface area contributed by atoms with E-state index >= 15 is 0 Å². The minimum atomic E-state index is -0.830. The molecule has 1 unspecified atom stereocenters. The first-order chi connectivity index (χ1) is 16.8. The molecular formula is C25H24ClN3O6. The Morgan fingerprint density at radius 2 is 1.91 bits per heavy atom. The van der Waals surface area contributed by atoms with Crippen LogP contribution >= 0.6 is 11.6 Å². The summed E-state index contributed by atoms with van der Waals surface area (Å²) in [4.78, 5) is 25.0. The van der Waals surface area contributed by atoms with Crippen LogP contribution in [0.2, 0.25) is 5.02 Å². The van der Waals surface area contributed by atoms with Gasteiger partial charge < -0.3 is 30.0 Å². The number of rotatable bonds is 8. The topological polar surface area (TPSA) is 133 Å². The largest absolute Gasteiger partial charge is 0.493 e. The van der Waals surface area contributed by atoms with Crippen molar-refractivity contribution in [3.05, 3.63) is 75.8 Å². The number of hydrogen-bond donors (Lipinski definition) is 2. The van der Waals surface area contributed by atoms with Crippen LogP contribution < -0.4 is 20.5 Å². The van der Waals surface area contributed by atoms with Gasteiger partial charge >= 0.3 is 5.97 Å². The third-order valence-electron chi connectivity index (χ3n) is 5.11. The monoisotopic (exact) mass is 497 g/mol. The number of amides is 1. The van der Waals surface area contributed by atoms with Gasteiger partial charge in [0, 0.05) is 10.7 Å². The summed E-state index contributed by atoms with van der Waals surface area (Å²) < 4.78 is 21.7. The SMILES string of the molecule is CCOC(=O)C1=C(C)OC(N)=C(C#N)C1c1ccc(OCC(=O)Nc2ccc(Cl)cc2)c(OC)c1. The molecule has 0 aromatic heterocycles. The van der Waals surface area contributed by atoms with Gasteiger partial charge in [0.2, 0.25) is 5.88 Å². The van der Waals surface area contributed by atoms with Gasteiger partial charge in [0.1, 0.15) is 17.4 Å². The lowest BCUT2D eigenvalue weighted by molar-refractivity contribution is -0.139. The van der Waals surface area contributed by atoms with Gasteiger partial charge in [0.15, 0.2) is 18.1 Å². The summed E-state index contributed by atoms with van der Waals surface area (Å²) in [5.41, 5.74) is 7.28. The van der Waals surface area contributed by atoms with Crippen molar-refractivity contribution in [1.82, 2.24) is 0 Å². The highest BCUT2D eigenvalue weighted by Gasteiger charge is 2.36. The van der Waals surface area contributed by atoms with Crippen molar-refractivity contribution < 1.29 is 28.5 Å². The number of carbonyl (C=O) groups excluding carboxylic acids is 2. The first-order valence-corrected chi connectivity index (χ1v) is 11.0. The summed E-state index contributed by atoms with van der Waals surface area (Å²) in [7, 11) is 1.44. The highest BCUT2D eigenvalue weighted by atomic mass is 35.5. The molecule has 3 rings (SSSR count). The van der Waals surface area contributed by atoms with Crippen LogP contribution in [0.5, 0.6) is 11.5 Å². The number of anilines is 1. The Labute approximate surface area is 207 Å². The molecule has 182 valence electrons.